The van der Waals surface area contributed by atoms with Crippen LogP contribution in [0.3, 0.4) is 0 Å². The lowest BCUT2D eigenvalue weighted by Gasteiger charge is -2.06. The first-order valence-corrected chi connectivity index (χ1v) is 6.59. The lowest BCUT2D eigenvalue weighted by molar-refractivity contribution is -0.137. The molecule has 0 aliphatic rings. The molecule has 2 aromatic rings. The van der Waals surface area contributed by atoms with Crippen molar-refractivity contribution in [3.63, 3.8) is 0 Å². The Morgan fingerprint density at radius 3 is 2.80 bits per heavy atom. The summed E-state index contributed by atoms with van der Waals surface area (Å²) >= 11 is 0. The van der Waals surface area contributed by atoms with E-state index in [4.69, 9.17) is 5.11 Å². The van der Waals surface area contributed by atoms with Crippen LogP contribution in [0.25, 0.3) is 0 Å². The van der Waals surface area contributed by atoms with Gasteiger partial charge in [-0.15, -0.1) is 5.10 Å². The molecule has 6 nitrogen and oxygen atoms in total. The number of carboxylic acid groups (broad SMARTS) is 1. The molecule has 0 saturated heterocycles. The molecule has 1 aromatic heterocycles. The molecule has 1 N–H and O–H groups in total. The van der Waals surface area contributed by atoms with Gasteiger partial charge in [-0.2, -0.15) is 0 Å². The first-order valence-electron chi connectivity index (χ1n) is 6.59. The third kappa shape index (κ3) is 3.63. The normalized spacial score (nSPS) is 10.7. The Labute approximate surface area is 117 Å². The van der Waals surface area contributed by atoms with Gasteiger partial charge in [-0.25, -0.2) is 4.68 Å². The molecule has 0 radical (unpaired) electrons. The predicted octanol–water partition coefficient (Wildman–Crippen LogP) is 1.75. The molecule has 1 heterocycles. The topological polar surface area (TPSA) is 80.9 Å². The van der Waals surface area contributed by atoms with Gasteiger partial charge in [0.1, 0.15) is 0 Å². The number of rotatable bonds is 6. The second kappa shape index (κ2) is 6.27. The smallest absolute Gasteiger partial charge is 0.303 e. The van der Waals surface area contributed by atoms with Crippen molar-refractivity contribution in [1.82, 2.24) is 20.2 Å². The van der Waals surface area contributed by atoms with Crippen LogP contribution in [0, 0.1) is 13.8 Å². The Morgan fingerprint density at radius 1 is 1.30 bits per heavy atom. The first kappa shape index (κ1) is 14.2. The molecule has 0 fully saturated rings. The average Bonchev–Trinajstić information content (AvgIpc) is 2.81. The van der Waals surface area contributed by atoms with Crippen molar-refractivity contribution in [2.75, 3.05) is 0 Å². The molecule has 1 aromatic carbocycles. The summed E-state index contributed by atoms with van der Waals surface area (Å²) in [5, 5.41) is 20.2. The van der Waals surface area contributed by atoms with Crippen LogP contribution in [0.1, 0.15) is 35.4 Å². The minimum absolute atomic E-state index is 0.128. The maximum atomic E-state index is 10.5. The summed E-state index contributed by atoms with van der Waals surface area (Å²) in [6.07, 6.45) is 1.31. The maximum absolute atomic E-state index is 10.5. The summed E-state index contributed by atoms with van der Waals surface area (Å²) in [5.74, 6) is -0.0348. The first-order chi connectivity index (χ1) is 9.56. The van der Waals surface area contributed by atoms with E-state index in [2.05, 4.69) is 47.6 Å². The Hall–Kier alpha value is -2.24. The molecule has 0 saturated carbocycles. The highest BCUT2D eigenvalue weighted by molar-refractivity contribution is 5.66. The molecular formula is C14H18N4O2. The SMILES string of the molecule is Cc1ccc(Cc2nnnn2CCCC(=O)O)cc1C. The lowest BCUT2D eigenvalue weighted by Crippen LogP contribution is -2.08. The van der Waals surface area contributed by atoms with Gasteiger partial charge in [0.2, 0.25) is 0 Å². The molecule has 0 unspecified atom stereocenters. The fourth-order valence-corrected chi connectivity index (χ4v) is 2.00. The number of aromatic nitrogens is 4. The molecular weight excluding hydrogens is 256 g/mol. The minimum Gasteiger partial charge on any atom is -0.481 e. The molecule has 0 aliphatic heterocycles. The molecule has 106 valence electrons. The Kier molecular flexibility index (Phi) is 4.45. The van der Waals surface area contributed by atoms with E-state index in [1.165, 1.54) is 11.1 Å². The number of nitrogens with zero attached hydrogens (tertiary/aromatic N) is 4. The zero-order valence-corrected chi connectivity index (χ0v) is 11.7. The van der Waals surface area contributed by atoms with E-state index >= 15 is 0 Å². The number of tetrazole rings is 1. The number of hydrogen-bond donors (Lipinski definition) is 1. The summed E-state index contributed by atoms with van der Waals surface area (Å²) in [6.45, 7) is 4.68. The van der Waals surface area contributed by atoms with Gasteiger partial charge in [0, 0.05) is 19.4 Å². The summed E-state index contributed by atoms with van der Waals surface area (Å²) in [4.78, 5) is 10.5. The van der Waals surface area contributed by atoms with E-state index in [1.807, 2.05) is 0 Å². The van der Waals surface area contributed by atoms with E-state index in [1.54, 1.807) is 4.68 Å². The second-order valence-electron chi connectivity index (χ2n) is 4.91. The van der Waals surface area contributed by atoms with E-state index in [0.29, 0.717) is 19.4 Å². The van der Waals surface area contributed by atoms with Crippen molar-refractivity contribution in [2.45, 2.75) is 39.7 Å². The molecule has 0 bridgehead atoms. The Bertz CT molecular complexity index is 607. The van der Waals surface area contributed by atoms with Crippen LogP contribution >= 0.6 is 0 Å². The van der Waals surface area contributed by atoms with Crippen molar-refractivity contribution in [2.24, 2.45) is 0 Å². The highest BCUT2D eigenvalue weighted by atomic mass is 16.4. The number of carbonyl (C=O) groups is 1. The fraction of sp³-hybridized carbons (Fsp3) is 0.429. The van der Waals surface area contributed by atoms with Crippen LogP contribution in [0.4, 0.5) is 0 Å². The van der Waals surface area contributed by atoms with Gasteiger partial charge in [0.25, 0.3) is 0 Å². The van der Waals surface area contributed by atoms with Crippen molar-refractivity contribution < 1.29 is 9.90 Å². The zero-order chi connectivity index (χ0) is 14.5. The number of aryl methyl sites for hydroxylation is 3. The molecule has 2 rings (SSSR count). The highest BCUT2D eigenvalue weighted by Crippen LogP contribution is 2.13. The molecule has 20 heavy (non-hydrogen) atoms. The number of benzene rings is 1. The fourth-order valence-electron chi connectivity index (χ4n) is 2.00. The van der Waals surface area contributed by atoms with Gasteiger partial charge in [-0.3, -0.25) is 4.79 Å². The molecule has 0 atom stereocenters. The summed E-state index contributed by atoms with van der Waals surface area (Å²) in [6, 6.07) is 6.29. The standard InChI is InChI=1S/C14H18N4O2/c1-10-5-6-12(8-11(10)2)9-13-15-16-17-18(13)7-3-4-14(19)20/h5-6,8H,3-4,7,9H2,1-2H3,(H,19,20). The van der Waals surface area contributed by atoms with Crippen LogP contribution in [0.15, 0.2) is 18.2 Å². The van der Waals surface area contributed by atoms with Crippen LogP contribution in [0.5, 0.6) is 0 Å². The molecule has 0 spiro atoms. The molecule has 0 amide bonds. The highest BCUT2D eigenvalue weighted by Gasteiger charge is 2.08. The van der Waals surface area contributed by atoms with Gasteiger partial charge in [-0.1, -0.05) is 18.2 Å². The Balaban J connectivity index is 2.04. The summed E-state index contributed by atoms with van der Waals surface area (Å²) in [7, 11) is 0. The van der Waals surface area contributed by atoms with Crippen molar-refractivity contribution >= 4 is 5.97 Å². The molecule has 0 aliphatic carbocycles. The second-order valence-corrected chi connectivity index (χ2v) is 4.91. The Morgan fingerprint density at radius 2 is 2.10 bits per heavy atom. The third-order valence-corrected chi connectivity index (χ3v) is 3.30. The van der Waals surface area contributed by atoms with Crippen molar-refractivity contribution in [3.05, 3.63) is 40.7 Å². The summed E-state index contributed by atoms with van der Waals surface area (Å²) in [5.41, 5.74) is 3.66. The van der Waals surface area contributed by atoms with Gasteiger partial charge < -0.3 is 5.11 Å². The van der Waals surface area contributed by atoms with Crippen LogP contribution in [-0.4, -0.2) is 31.3 Å². The third-order valence-electron chi connectivity index (χ3n) is 3.30. The van der Waals surface area contributed by atoms with Gasteiger partial charge in [-0.05, 0) is 47.4 Å². The average molecular weight is 274 g/mol. The number of carboxylic acids is 1. The van der Waals surface area contributed by atoms with Crippen LogP contribution in [0.2, 0.25) is 0 Å². The van der Waals surface area contributed by atoms with E-state index in [9.17, 15) is 4.79 Å². The predicted molar refractivity (Wildman–Crippen MR) is 73.4 cm³/mol. The molecule has 6 heteroatoms. The van der Waals surface area contributed by atoms with Crippen molar-refractivity contribution in [3.8, 4) is 0 Å². The summed E-state index contributed by atoms with van der Waals surface area (Å²) < 4.78 is 1.68. The van der Waals surface area contributed by atoms with Crippen LogP contribution in [-0.2, 0) is 17.8 Å². The van der Waals surface area contributed by atoms with Crippen molar-refractivity contribution in [1.29, 1.82) is 0 Å². The van der Waals surface area contributed by atoms with E-state index in [0.717, 1.165) is 11.4 Å². The van der Waals surface area contributed by atoms with Gasteiger partial charge >= 0.3 is 5.97 Å². The minimum atomic E-state index is -0.797. The van der Waals surface area contributed by atoms with Crippen LogP contribution < -0.4 is 0 Å². The maximum Gasteiger partial charge on any atom is 0.303 e. The van der Waals surface area contributed by atoms with E-state index < -0.39 is 5.97 Å². The lowest BCUT2D eigenvalue weighted by atomic mass is 10.0. The van der Waals surface area contributed by atoms with Gasteiger partial charge in [0.15, 0.2) is 5.82 Å². The number of hydrogen-bond acceptors (Lipinski definition) is 4. The number of aliphatic carboxylic acids is 1. The largest absolute Gasteiger partial charge is 0.481 e. The zero-order valence-electron chi connectivity index (χ0n) is 11.7. The van der Waals surface area contributed by atoms with E-state index in [-0.39, 0.29) is 6.42 Å². The quantitative estimate of drug-likeness (QED) is 0.867. The van der Waals surface area contributed by atoms with Gasteiger partial charge in [0.05, 0.1) is 0 Å². The monoisotopic (exact) mass is 274 g/mol.